The second-order valence-corrected chi connectivity index (χ2v) is 3.40. The molecule has 1 heterocycles. The lowest BCUT2D eigenvalue weighted by molar-refractivity contribution is 0.0759. The molecule has 0 aromatic carbocycles. The molecule has 0 aliphatic heterocycles. The largest absolute Gasteiger partial charge is 0.382 e. The molecule has 0 amide bonds. The Bertz CT molecular complexity index is 334. The Hall–Kier alpha value is -1.44. The third kappa shape index (κ3) is 4.94. The van der Waals surface area contributed by atoms with E-state index in [2.05, 4.69) is 20.7 Å². The maximum Gasteiger partial charge on any atom is 0.239 e. The number of methoxy groups -OCH3 is 1. The minimum atomic E-state index is 0.387. The number of ether oxygens (including phenoxy) is 2. The van der Waals surface area contributed by atoms with Gasteiger partial charge in [-0.3, -0.25) is 5.43 Å². The van der Waals surface area contributed by atoms with Crippen LogP contribution in [-0.2, 0) is 9.47 Å². The molecule has 0 bridgehead atoms. The number of hydrogen-bond donors (Lipinski definition) is 3. The van der Waals surface area contributed by atoms with Crippen LogP contribution in [0.15, 0.2) is 6.20 Å². The summed E-state index contributed by atoms with van der Waals surface area (Å²) in [6.45, 7) is 4.39. The Labute approximate surface area is 101 Å². The second-order valence-electron chi connectivity index (χ2n) is 3.40. The van der Waals surface area contributed by atoms with Gasteiger partial charge in [0.1, 0.15) is 5.82 Å². The third-order valence-corrected chi connectivity index (χ3v) is 2.07. The monoisotopic (exact) mass is 241 g/mol. The first-order valence-electron chi connectivity index (χ1n) is 5.38. The van der Waals surface area contributed by atoms with Crippen molar-refractivity contribution < 1.29 is 9.47 Å². The lowest BCUT2D eigenvalue weighted by Gasteiger charge is -2.09. The first-order chi connectivity index (χ1) is 8.27. The summed E-state index contributed by atoms with van der Waals surface area (Å²) in [7, 11) is 1.65. The molecule has 0 radical (unpaired) electrons. The molecule has 1 rings (SSSR count). The molecule has 0 atom stereocenters. The van der Waals surface area contributed by atoms with E-state index in [0.29, 0.717) is 32.3 Å². The summed E-state index contributed by atoms with van der Waals surface area (Å²) in [6.07, 6.45) is 1.70. The number of nitrogens with one attached hydrogen (secondary N) is 2. The number of anilines is 2. The van der Waals surface area contributed by atoms with Crippen LogP contribution in [0.1, 0.15) is 5.56 Å². The number of hydrazine groups is 1. The summed E-state index contributed by atoms with van der Waals surface area (Å²) in [5, 5.41) is 3.15. The van der Waals surface area contributed by atoms with Gasteiger partial charge in [-0.2, -0.15) is 4.98 Å². The Kier molecular flexibility index (Phi) is 6.23. The zero-order chi connectivity index (χ0) is 12.5. The van der Waals surface area contributed by atoms with Crippen LogP contribution in [0, 0.1) is 6.92 Å². The van der Waals surface area contributed by atoms with E-state index in [0.717, 1.165) is 11.4 Å². The molecule has 0 saturated carbocycles. The summed E-state index contributed by atoms with van der Waals surface area (Å²) >= 11 is 0. The minimum absolute atomic E-state index is 0.387. The molecular formula is C10H19N5O2. The Morgan fingerprint density at radius 2 is 2.18 bits per heavy atom. The quantitative estimate of drug-likeness (QED) is 0.338. The summed E-state index contributed by atoms with van der Waals surface area (Å²) in [5.41, 5.74) is 3.36. The maximum absolute atomic E-state index is 5.32. The van der Waals surface area contributed by atoms with Gasteiger partial charge in [0.2, 0.25) is 5.95 Å². The molecule has 17 heavy (non-hydrogen) atoms. The summed E-state index contributed by atoms with van der Waals surface area (Å²) in [6, 6.07) is 0. The van der Waals surface area contributed by atoms with Gasteiger partial charge < -0.3 is 14.8 Å². The lowest BCUT2D eigenvalue weighted by atomic mass is 10.3. The van der Waals surface area contributed by atoms with E-state index >= 15 is 0 Å². The van der Waals surface area contributed by atoms with Crippen molar-refractivity contribution in [2.75, 3.05) is 44.2 Å². The number of hydrogen-bond acceptors (Lipinski definition) is 7. The van der Waals surface area contributed by atoms with Crippen molar-refractivity contribution >= 4 is 11.8 Å². The van der Waals surface area contributed by atoms with Gasteiger partial charge in [-0.25, -0.2) is 10.8 Å². The highest BCUT2D eigenvalue weighted by atomic mass is 16.5. The van der Waals surface area contributed by atoms with E-state index in [4.69, 9.17) is 15.3 Å². The first-order valence-corrected chi connectivity index (χ1v) is 5.38. The van der Waals surface area contributed by atoms with E-state index in [1.165, 1.54) is 0 Å². The third-order valence-electron chi connectivity index (χ3n) is 2.07. The predicted molar refractivity (Wildman–Crippen MR) is 65.8 cm³/mol. The van der Waals surface area contributed by atoms with Crippen molar-refractivity contribution in [2.45, 2.75) is 6.92 Å². The molecule has 1 aromatic heterocycles. The highest BCUT2D eigenvalue weighted by molar-refractivity contribution is 5.45. The lowest BCUT2D eigenvalue weighted by Crippen LogP contribution is -2.15. The van der Waals surface area contributed by atoms with Crippen LogP contribution in [0.3, 0.4) is 0 Å². The van der Waals surface area contributed by atoms with Crippen LogP contribution in [0.5, 0.6) is 0 Å². The second kappa shape index (κ2) is 7.77. The smallest absolute Gasteiger partial charge is 0.239 e. The van der Waals surface area contributed by atoms with Crippen LogP contribution < -0.4 is 16.6 Å². The van der Waals surface area contributed by atoms with Crippen molar-refractivity contribution in [1.82, 2.24) is 9.97 Å². The molecule has 96 valence electrons. The number of rotatable bonds is 8. The number of aryl methyl sites for hydroxylation is 1. The zero-order valence-corrected chi connectivity index (χ0v) is 10.2. The summed E-state index contributed by atoms with van der Waals surface area (Å²) in [4.78, 5) is 8.18. The zero-order valence-electron chi connectivity index (χ0n) is 10.2. The molecule has 0 fully saturated rings. The molecular weight excluding hydrogens is 222 g/mol. The van der Waals surface area contributed by atoms with Gasteiger partial charge in [-0.05, 0) is 6.92 Å². The van der Waals surface area contributed by atoms with Gasteiger partial charge in [-0.1, -0.05) is 0 Å². The fourth-order valence-electron chi connectivity index (χ4n) is 1.18. The van der Waals surface area contributed by atoms with E-state index in [-0.39, 0.29) is 0 Å². The van der Waals surface area contributed by atoms with Gasteiger partial charge in [0.15, 0.2) is 0 Å². The van der Waals surface area contributed by atoms with Gasteiger partial charge in [-0.15, -0.1) is 0 Å². The van der Waals surface area contributed by atoms with Crippen LogP contribution in [0.4, 0.5) is 11.8 Å². The molecule has 0 unspecified atom stereocenters. The molecule has 7 nitrogen and oxygen atoms in total. The van der Waals surface area contributed by atoms with E-state index < -0.39 is 0 Å². The molecule has 1 aromatic rings. The van der Waals surface area contributed by atoms with Crippen LogP contribution in [-0.4, -0.2) is 43.4 Å². The van der Waals surface area contributed by atoms with Crippen molar-refractivity contribution in [3.8, 4) is 0 Å². The number of aromatic nitrogens is 2. The van der Waals surface area contributed by atoms with Crippen molar-refractivity contribution in [3.05, 3.63) is 11.8 Å². The van der Waals surface area contributed by atoms with Crippen LogP contribution in [0.2, 0.25) is 0 Å². The number of nitrogens with two attached hydrogens (primary N) is 1. The maximum atomic E-state index is 5.32. The van der Waals surface area contributed by atoms with Crippen molar-refractivity contribution in [1.29, 1.82) is 0 Å². The SMILES string of the molecule is COCCOCCNc1nc(NN)ncc1C. The predicted octanol–water partition coefficient (Wildman–Crippen LogP) is 0.146. The molecule has 0 saturated heterocycles. The summed E-state index contributed by atoms with van der Waals surface area (Å²) in [5.74, 6) is 6.38. The average molecular weight is 241 g/mol. The topological polar surface area (TPSA) is 94.3 Å². The Balaban J connectivity index is 2.30. The molecule has 0 spiro atoms. The Morgan fingerprint density at radius 3 is 2.88 bits per heavy atom. The fourth-order valence-corrected chi connectivity index (χ4v) is 1.18. The van der Waals surface area contributed by atoms with Crippen LogP contribution in [0.25, 0.3) is 0 Å². The fraction of sp³-hybridized carbons (Fsp3) is 0.600. The number of nitrogen functional groups attached to an aromatic ring is 1. The standard InChI is InChI=1S/C10H19N5O2/c1-8-7-13-10(15-11)14-9(8)12-3-4-17-6-5-16-2/h7H,3-6,11H2,1-2H3,(H2,12,13,14,15). The van der Waals surface area contributed by atoms with E-state index in [1.54, 1.807) is 13.3 Å². The van der Waals surface area contributed by atoms with Crippen LogP contribution >= 0.6 is 0 Å². The highest BCUT2D eigenvalue weighted by Crippen LogP contribution is 2.11. The highest BCUT2D eigenvalue weighted by Gasteiger charge is 2.01. The van der Waals surface area contributed by atoms with Gasteiger partial charge in [0.25, 0.3) is 0 Å². The van der Waals surface area contributed by atoms with Crippen molar-refractivity contribution in [2.24, 2.45) is 5.84 Å². The van der Waals surface area contributed by atoms with E-state index in [1.807, 2.05) is 6.92 Å². The average Bonchev–Trinajstić information content (AvgIpc) is 2.35. The Morgan fingerprint density at radius 1 is 1.35 bits per heavy atom. The number of nitrogens with zero attached hydrogens (tertiary/aromatic N) is 2. The van der Waals surface area contributed by atoms with Gasteiger partial charge in [0.05, 0.1) is 19.8 Å². The van der Waals surface area contributed by atoms with Gasteiger partial charge >= 0.3 is 0 Å². The van der Waals surface area contributed by atoms with E-state index in [9.17, 15) is 0 Å². The first kappa shape index (κ1) is 13.6. The molecule has 0 aliphatic rings. The van der Waals surface area contributed by atoms with Gasteiger partial charge in [0, 0.05) is 25.4 Å². The normalized spacial score (nSPS) is 10.3. The van der Waals surface area contributed by atoms with Crippen molar-refractivity contribution in [3.63, 3.8) is 0 Å². The summed E-state index contributed by atoms with van der Waals surface area (Å²) < 4.78 is 10.2. The molecule has 4 N–H and O–H groups in total. The molecule has 7 heteroatoms. The molecule has 0 aliphatic carbocycles. The minimum Gasteiger partial charge on any atom is -0.382 e.